The zero-order valence-corrected chi connectivity index (χ0v) is 12.2. The van der Waals surface area contributed by atoms with E-state index in [-0.39, 0.29) is 0 Å². The van der Waals surface area contributed by atoms with E-state index in [0.717, 1.165) is 17.9 Å². The molecule has 1 heterocycles. The second-order valence-corrected chi connectivity index (χ2v) is 5.21. The van der Waals surface area contributed by atoms with E-state index in [9.17, 15) is 0 Å². The Balaban J connectivity index is 2.23. The average molecular weight is 262 g/mol. The zero-order chi connectivity index (χ0) is 13.0. The van der Waals surface area contributed by atoms with Gasteiger partial charge >= 0.3 is 0 Å². The van der Waals surface area contributed by atoms with Crippen molar-refractivity contribution in [3.8, 4) is 0 Å². The summed E-state index contributed by atoms with van der Waals surface area (Å²) < 4.78 is 2.33. The van der Waals surface area contributed by atoms with Gasteiger partial charge in [-0.1, -0.05) is 32.3 Å². The summed E-state index contributed by atoms with van der Waals surface area (Å²) in [5.41, 5.74) is 3.62. The van der Waals surface area contributed by atoms with Gasteiger partial charge in [0.1, 0.15) is 5.82 Å². The van der Waals surface area contributed by atoms with Gasteiger partial charge in [0.05, 0.1) is 11.0 Å². The summed E-state index contributed by atoms with van der Waals surface area (Å²) in [6.45, 7) is 5.42. The fourth-order valence-electron chi connectivity index (χ4n) is 2.36. The molecule has 0 unspecified atom stereocenters. The number of aryl methyl sites for hydroxylation is 2. The van der Waals surface area contributed by atoms with E-state index in [4.69, 9.17) is 0 Å². The van der Waals surface area contributed by atoms with Gasteiger partial charge in [-0.15, -0.1) is 0 Å². The van der Waals surface area contributed by atoms with Crippen LogP contribution >= 0.6 is 12.6 Å². The van der Waals surface area contributed by atoms with E-state index >= 15 is 0 Å². The molecule has 0 aliphatic carbocycles. The van der Waals surface area contributed by atoms with Crippen LogP contribution in [0.4, 0.5) is 0 Å². The van der Waals surface area contributed by atoms with Crippen molar-refractivity contribution in [2.75, 3.05) is 0 Å². The lowest BCUT2D eigenvalue weighted by molar-refractivity contribution is 0.581. The molecule has 0 N–H and O–H groups in total. The Morgan fingerprint density at radius 1 is 1.22 bits per heavy atom. The molecular weight excluding hydrogens is 240 g/mol. The van der Waals surface area contributed by atoms with Crippen molar-refractivity contribution in [1.82, 2.24) is 9.55 Å². The minimum Gasteiger partial charge on any atom is -0.327 e. The maximum atomic E-state index is 4.68. The first-order chi connectivity index (χ1) is 8.76. The SMILES string of the molecule is CCCCCCn1c(CS)nc2cc(C)ccc21. The van der Waals surface area contributed by atoms with E-state index in [2.05, 4.69) is 54.2 Å². The van der Waals surface area contributed by atoms with Crippen LogP contribution in [0.25, 0.3) is 11.0 Å². The van der Waals surface area contributed by atoms with Crippen LogP contribution in [-0.4, -0.2) is 9.55 Å². The topological polar surface area (TPSA) is 17.8 Å². The van der Waals surface area contributed by atoms with Crippen LogP contribution in [0.1, 0.15) is 44.0 Å². The van der Waals surface area contributed by atoms with Gasteiger partial charge in [-0.05, 0) is 31.0 Å². The average Bonchev–Trinajstić information content (AvgIpc) is 2.71. The summed E-state index contributed by atoms with van der Waals surface area (Å²) in [4.78, 5) is 4.68. The Bertz CT molecular complexity index is 516. The Kier molecular flexibility index (Phi) is 4.70. The molecule has 0 amide bonds. The fourth-order valence-corrected chi connectivity index (χ4v) is 2.60. The molecule has 0 spiro atoms. The highest BCUT2D eigenvalue weighted by molar-refractivity contribution is 7.79. The summed E-state index contributed by atoms with van der Waals surface area (Å²) in [5, 5.41) is 0. The third-order valence-electron chi connectivity index (χ3n) is 3.36. The standard InChI is InChI=1S/C15H22N2S/c1-3-4-5-6-9-17-14-8-7-12(2)10-13(14)16-15(17)11-18/h7-8,10,18H,3-6,9,11H2,1-2H3. The van der Waals surface area contributed by atoms with Crippen LogP contribution in [0.5, 0.6) is 0 Å². The molecule has 2 aromatic rings. The lowest BCUT2D eigenvalue weighted by atomic mass is 10.2. The minimum atomic E-state index is 0.710. The van der Waals surface area contributed by atoms with E-state index < -0.39 is 0 Å². The summed E-state index contributed by atoms with van der Waals surface area (Å²) in [6, 6.07) is 6.50. The maximum absolute atomic E-state index is 4.68. The number of unbranched alkanes of at least 4 members (excludes halogenated alkanes) is 3. The van der Waals surface area contributed by atoms with Gasteiger partial charge in [0.25, 0.3) is 0 Å². The van der Waals surface area contributed by atoms with Crippen molar-refractivity contribution < 1.29 is 0 Å². The first-order valence-electron chi connectivity index (χ1n) is 6.83. The predicted molar refractivity (Wildman–Crippen MR) is 81.3 cm³/mol. The monoisotopic (exact) mass is 262 g/mol. The summed E-state index contributed by atoms with van der Waals surface area (Å²) in [6.07, 6.45) is 5.13. The zero-order valence-electron chi connectivity index (χ0n) is 11.3. The van der Waals surface area contributed by atoms with Gasteiger partial charge in [0.2, 0.25) is 0 Å². The molecule has 0 aliphatic heterocycles. The first-order valence-corrected chi connectivity index (χ1v) is 7.46. The van der Waals surface area contributed by atoms with Crippen molar-refractivity contribution >= 4 is 23.7 Å². The van der Waals surface area contributed by atoms with E-state index in [1.807, 2.05) is 0 Å². The van der Waals surface area contributed by atoms with Crippen molar-refractivity contribution in [3.63, 3.8) is 0 Å². The summed E-state index contributed by atoms with van der Waals surface area (Å²) >= 11 is 4.40. The van der Waals surface area contributed by atoms with Crippen LogP contribution < -0.4 is 0 Å². The van der Waals surface area contributed by atoms with Crippen LogP contribution in [0, 0.1) is 6.92 Å². The fraction of sp³-hybridized carbons (Fsp3) is 0.533. The normalized spacial score (nSPS) is 11.3. The number of rotatable bonds is 6. The first kappa shape index (κ1) is 13.5. The highest BCUT2D eigenvalue weighted by Crippen LogP contribution is 2.20. The molecule has 0 radical (unpaired) electrons. The molecule has 0 bridgehead atoms. The number of aromatic nitrogens is 2. The molecule has 0 fully saturated rings. The van der Waals surface area contributed by atoms with Gasteiger partial charge in [-0.2, -0.15) is 12.6 Å². The lowest BCUT2D eigenvalue weighted by Gasteiger charge is -2.07. The summed E-state index contributed by atoms with van der Waals surface area (Å²) in [5.74, 6) is 1.80. The smallest absolute Gasteiger partial charge is 0.119 e. The third-order valence-corrected chi connectivity index (χ3v) is 3.64. The van der Waals surface area contributed by atoms with Crippen LogP contribution in [-0.2, 0) is 12.3 Å². The molecule has 3 heteroatoms. The highest BCUT2D eigenvalue weighted by Gasteiger charge is 2.08. The van der Waals surface area contributed by atoms with Crippen molar-refractivity contribution in [2.24, 2.45) is 0 Å². The van der Waals surface area contributed by atoms with Crippen LogP contribution in [0.3, 0.4) is 0 Å². The molecule has 2 nitrogen and oxygen atoms in total. The van der Waals surface area contributed by atoms with E-state index in [1.54, 1.807) is 0 Å². The molecule has 18 heavy (non-hydrogen) atoms. The maximum Gasteiger partial charge on any atom is 0.119 e. The quantitative estimate of drug-likeness (QED) is 0.605. The summed E-state index contributed by atoms with van der Waals surface area (Å²) in [7, 11) is 0. The molecule has 2 rings (SSSR count). The van der Waals surface area contributed by atoms with Crippen molar-refractivity contribution in [2.45, 2.75) is 51.8 Å². The number of imidazole rings is 1. The molecule has 98 valence electrons. The Labute approximate surface area is 115 Å². The van der Waals surface area contributed by atoms with Crippen molar-refractivity contribution in [1.29, 1.82) is 0 Å². The molecule has 0 saturated carbocycles. The molecule has 1 aromatic carbocycles. The van der Waals surface area contributed by atoms with E-state index in [0.29, 0.717) is 5.75 Å². The Morgan fingerprint density at radius 3 is 2.78 bits per heavy atom. The Morgan fingerprint density at radius 2 is 2.06 bits per heavy atom. The highest BCUT2D eigenvalue weighted by atomic mass is 32.1. The van der Waals surface area contributed by atoms with Gasteiger partial charge in [-0.25, -0.2) is 4.98 Å². The number of hydrogen-bond acceptors (Lipinski definition) is 2. The van der Waals surface area contributed by atoms with Crippen LogP contribution in [0.2, 0.25) is 0 Å². The largest absolute Gasteiger partial charge is 0.327 e. The van der Waals surface area contributed by atoms with Gasteiger partial charge in [0.15, 0.2) is 0 Å². The molecule has 0 atom stereocenters. The second-order valence-electron chi connectivity index (χ2n) is 4.89. The third kappa shape index (κ3) is 2.89. The van der Waals surface area contributed by atoms with Crippen molar-refractivity contribution in [3.05, 3.63) is 29.6 Å². The minimum absolute atomic E-state index is 0.710. The van der Waals surface area contributed by atoms with E-state index in [1.165, 1.54) is 36.8 Å². The van der Waals surface area contributed by atoms with Crippen LogP contribution in [0.15, 0.2) is 18.2 Å². The predicted octanol–water partition coefficient (Wildman–Crippen LogP) is 4.35. The lowest BCUT2D eigenvalue weighted by Crippen LogP contribution is -2.02. The number of benzene rings is 1. The second kappa shape index (κ2) is 6.28. The number of fused-ring (bicyclic) bond motifs is 1. The molecule has 0 aliphatic rings. The van der Waals surface area contributed by atoms with Gasteiger partial charge in [0, 0.05) is 12.3 Å². The van der Waals surface area contributed by atoms with Gasteiger partial charge in [-0.3, -0.25) is 0 Å². The molecular formula is C15H22N2S. The number of hydrogen-bond donors (Lipinski definition) is 1. The Hall–Kier alpha value is -0.960. The molecule has 1 aromatic heterocycles. The van der Waals surface area contributed by atoms with Gasteiger partial charge < -0.3 is 4.57 Å². The number of nitrogens with zero attached hydrogens (tertiary/aromatic N) is 2. The number of thiol groups is 1. The molecule has 0 saturated heterocycles.